The Morgan fingerprint density at radius 2 is 2.05 bits per heavy atom. The van der Waals surface area contributed by atoms with Crippen LogP contribution in [0.3, 0.4) is 0 Å². The maximum absolute atomic E-state index is 10.3. The number of nitrogens with one attached hydrogen (secondary N) is 1. The van der Waals surface area contributed by atoms with Gasteiger partial charge >= 0.3 is 0 Å². The van der Waals surface area contributed by atoms with Crippen molar-refractivity contribution in [2.75, 3.05) is 13.3 Å². The monoisotopic (exact) mass is 291 g/mol. The van der Waals surface area contributed by atoms with Crippen molar-refractivity contribution in [2.24, 2.45) is 5.92 Å². The van der Waals surface area contributed by atoms with Crippen molar-refractivity contribution in [3.05, 3.63) is 23.8 Å². The zero-order valence-electron chi connectivity index (χ0n) is 12.7. The van der Waals surface area contributed by atoms with Crippen molar-refractivity contribution in [3.63, 3.8) is 0 Å². The van der Waals surface area contributed by atoms with E-state index >= 15 is 0 Å². The summed E-state index contributed by atoms with van der Waals surface area (Å²) < 4.78 is 10.7. The van der Waals surface area contributed by atoms with Gasteiger partial charge in [-0.1, -0.05) is 25.8 Å². The maximum Gasteiger partial charge on any atom is 0.231 e. The molecule has 0 amide bonds. The highest BCUT2D eigenvalue weighted by Gasteiger charge is 2.19. The SMILES string of the molecule is CC1CCCC(NCC(O)c2ccc3c(c2)OCO3)CC1. The van der Waals surface area contributed by atoms with Gasteiger partial charge in [0.1, 0.15) is 0 Å². The molecule has 0 bridgehead atoms. The molecular weight excluding hydrogens is 266 g/mol. The van der Waals surface area contributed by atoms with Crippen LogP contribution in [0.15, 0.2) is 18.2 Å². The summed E-state index contributed by atoms with van der Waals surface area (Å²) in [5, 5.41) is 13.9. The lowest BCUT2D eigenvalue weighted by molar-refractivity contribution is 0.166. The molecule has 0 saturated heterocycles. The highest BCUT2D eigenvalue weighted by Crippen LogP contribution is 2.34. The lowest BCUT2D eigenvalue weighted by atomic mass is 10.0. The summed E-state index contributed by atoms with van der Waals surface area (Å²) in [5.74, 6) is 2.34. The first-order valence-corrected chi connectivity index (χ1v) is 8.03. The summed E-state index contributed by atoms with van der Waals surface area (Å²) >= 11 is 0. The van der Waals surface area contributed by atoms with Gasteiger partial charge in [-0.05, 0) is 42.9 Å². The van der Waals surface area contributed by atoms with E-state index in [0.717, 1.165) is 23.0 Å². The van der Waals surface area contributed by atoms with Crippen LogP contribution in [0.2, 0.25) is 0 Å². The van der Waals surface area contributed by atoms with Gasteiger partial charge in [-0.3, -0.25) is 0 Å². The van der Waals surface area contributed by atoms with Gasteiger partial charge in [0.25, 0.3) is 0 Å². The second-order valence-corrected chi connectivity index (χ2v) is 6.35. The lowest BCUT2D eigenvalue weighted by Crippen LogP contribution is -2.32. The minimum atomic E-state index is -0.500. The molecule has 1 fully saturated rings. The number of aliphatic hydroxyl groups is 1. The van der Waals surface area contributed by atoms with Crippen molar-refractivity contribution in [1.82, 2.24) is 5.32 Å². The van der Waals surface area contributed by atoms with Crippen molar-refractivity contribution >= 4 is 0 Å². The Labute approximate surface area is 126 Å². The van der Waals surface area contributed by atoms with E-state index in [1.54, 1.807) is 0 Å². The molecule has 4 nitrogen and oxygen atoms in total. The highest BCUT2D eigenvalue weighted by molar-refractivity contribution is 5.45. The molecule has 1 saturated carbocycles. The van der Waals surface area contributed by atoms with E-state index in [-0.39, 0.29) is 6.79 Å². The third kappa shape index (κ3) is 3.69. The van der Waals surface area contributed by atoms with Crippen LogP contribution in [-0.4, -0.2) is 24.5 Å². The van der Waals surface area contributed by atoms with Crippen molar-refractivity contribution in [1.29, 1.82) is 0 Å². The Bertz CT molecular complexity index is 477. The molecule has 4 heteroatoms. The molecule has 2 N–H and O–H groups in total. The summed E-state index contributed by atoms with van der Waals surface area (Å²) in [6, 6.07) is 6.20. The van der Waals surface area contributed by atoms with Gasteiger partial charge in [-0.2, -0.15) is 0 Å². The van der Waals surface area contributed by atoms with Gasteiger partial charge in [-0.25, -0.2) is 0 Å². The first-order chi connectivity index (χ1) is 10.2. The van der Waals surface area contributed by atoms with Crippen molar-refractivity contribution < 1.29 is 14.6 Å². The average Bonchev–Trinajstić information content (AvgIpc) is 2.86. The summed E-state index contributed by atoms with van der Waals surface area (Å²) in [6.45, 7) is 3.20. The first-order valence-electron chi connectivity index (χ1n) is 8.03. The second-order valence-electron chi connectivity index (χ2n) is 6.35. The molecule has 3 atom stereocenters. The van der Waals surface area contributed by atoms with E-state index < -0.39 is 6.10 Å². The van der Waals surface area contributed by atoms with Crippen LogP contribution in [0.4, 0.5) is 0 Å². The van der Waals surface area contributed by atoms with Crippen LogP contribution in [0, 0.1) is 5.92 Å². The van der Waals surface area contributed by atoms with Gasteiger partial charge in [0, 0.05) is 12.6 Å². The quantitative estimate of drug-likeness (QED) is 0.837. The van der Waals surface area contributed by atoms with Crippen LogP contribution < -0.4 is 14.8 Å². The minimum Gasteiger partial charge on any atom is -0.454 e. The molecule has 21 heavy (non-hydrogen) atoms. The fourth-order valence-corrected chi connectivity index (χ4v) is 3.21. The Morgan fingerprint density at radius 3 is 2.95 bits per heavy atom. The Hall–Kier alpha value is -1.26. The van der Waals surface area contributed by atoms with Crippen LogP contribution in [0.5, 0.6) is 11.5 Å². The smallest absolute Gasteiger partial charge is 0.231 e. The molecule has 116 valence electrons. The first kappa shape index (κ1) is 14.7. The fraction of sp³-hybridized carbons (Fsp3) is 0.647. The highest BCUT2D eigenvalue weighted by atomic mass is 16.7. The Balaban J connectivity index is 1.53. The van der Waals surface area contributed by atoms with Gasteiger partial charge in [0.05, 0.1) is 6.10 Å². The van der Waals surface area contributed by atoms with E-state index in [0.29, 0.717) is 12.6 Å². The summed E-state index contributed by atoms with van der Waals surface area (Å²) in [7, 11) is 0. The number of ether oxygens (including phenoxy) is 2. The molecule has 0 radical (unpaired) electrons. The van der Waals surface area contributed by atoms with E-state index in [1.165, 1.54) is 32.1 Å². The molecule has 1 aromatic rings. The maximum atomic E-state index is 10.3. The number of benzene rings is 1. The van der Waals surface area contributed by atoms with Crippen molar-refractivity contribution in [2.45, 2.75) is 51.2 Å². The molecule has 1 aliphatic heterocycles. The number of rotatable bonds is 4. The van der Waals surface area contributed by atoms with Crippen LogP contribution in [0.1, 0.15) is 50.7 Å². The van der Waals surface area contributed by atoms with Gasteiger partial charge in [0.2, 0.25) is 6.79 Å². The van der Waals surface area contributed by atoms with E-state index in [9.17, 15) is 5.11 Å². The predicted molar refractivity (Wildman–Crippen MR) is 81.6 cm³/mol. The number of hydrogen-bond acceptors (Lipinski definition) is 4. The molecule has 2 aliphatic rings. The third-order valence-corrected chi connectivity index (χ3v) is 4.64. The second kappa shape index (κ2) is 6.67. The average molecular weight is 291 g/mol. The van der Waals surface area contributed by atoms with Gasteiger partial charge < -0.3 is 19.9 Å². The Kier molecular flexibility index (Phi) is 4.66. The summed E-state index contributed by atoms with van der Waals surface area (Å²) in [4.78, 5) is 0. The predicted octanol–water partition coefficient (Wildman–Crippen LogP) is 3.01. The van der Waals surface area contributed by atoms with Crippen LogP contribution >= 0.6 is 0 Å². The third-order valence-electron chi connectivity index (χ3n) is 4.64. The minimum absolute atomic E-state index is 0.271. The Morgan fingerprint density at radius 1 is 1.19 bits per heavy atom. The van der Waals surface area contributed by atoms with Crippen molar-refractivity contribution in [3.8, 4) is 11.5 Å². The topological polar surface area (TPSA) is 50.7 Å². The standard InChI is InChI=1S/C17H25NO3/c1-12-3-2-4-14(7-5-12)18-10-15(19)13-6-8-16-17(9-13)21-11-20-16/h6,8-9,12,14-15,18-19H,2-5,7,10-11H2,1H3. The fourth-order valence-electron chi connectivity index (χ4n) is 3.21. The molecule has 1 aliphatic carbocycles. The molecule has 1 aromatic carbocycles. The molecular formula is C17H25NO3. The summed E-state index contributed by atoms with van der Waals surface area (Å²) in [5.41, 5.74) is 0.883. The van der Waals surface area contributed by atoms with E-state index in [2.05, 4.69) is 12.2 Å². The zero-order chi connectivity index (χ0) is 14.7. The largest absolute Gasteiger partial charge is 0.454 e. The number of hydrogen-bond donors (Lipinski definition) is 2. The molecule has 3 unspecified atom stereocenters. The van der Waals surface area contributed by atoms with Crippen LogP contribution in [-0.2, 0) is 0 Å². The normalized spacial score (nSPS) is 26.4. The number of aliphatic hydroxyl groups excluding tert-OH is 1. The lowest BCUT2D eigenvalue weighted by Gasteiger charge is -2.19. The summed E-state index contributed by atoms with van der Waals surface area (Å²) in [6.07, 6.45) is 5.85. The zero-order valence-corrected chi connectivity index (χ0v) is 12.7. The van der Waals surface area contributed by atoms with E-state index in [1.807, 2.05) is 18.2 Å². The van der Waals surface area contributed by atoms with Crippen LogP contribution in [0.25, 0.3) is 0 Å². The van der Waals surface area contributed by atoms with E-state index in [4.69, 9.17) is 9.47 Å². The number of fused-ring (bicyclic) bond motifs is 1. The van der Waals surface area contributed by atoms with Gasteiger partial charge in [0.15, 0.2) is 11.5 Å². The molecule has 0 spiro atoms. The molecule has 0 aromatic heterocycles. The van der Waals surface area contributed by atoms with Gasteiger partial charge in [-0.15, -0.1) is 0 Å². The molecule has 3 rings (SSSR count). The molecule has 1 heterocycles.